The van der Waals surface area contributed by atoms with Crippen molar-refractivity contribution in [2.24, 2.45) is 5.73 Å². The number of aromatic hydroxyl groups is 1. The van der Waals surface area contributed by atoms with Gasteiger partial charge >= 0.3 is 0 Å². The van der Waals surface area contributed by atoms with Gasteiger partial charge < -0.3 is 15.9 Å². The van der Waals surface area contributed by atoms with Crippen LogP contribution in [-0.4, -0.2) is 22.7 Å². The van der Waals surface area contributed by atoms with Gasteiger partial charge in [0.15, 0.2) is 0 Å². The summed E-state index contributed by atoms with van der Waals surface area (Å²) >= 11 is 5.44. The normalized spacial score (nSPS) is 13.1. The second-order valence-electron chi connectivity index (χ2n) is 3.19. The van der Waals surface area contributed by atoms with Gasteiger partial charge in [-0.2, -0.15) is 0 Å². The molecule has 1 rings (SSSR count). The lowest BCUT2D eigenvalue weighted by Crippen LogP contribution is -2.36. The second-order valence-corrected chi connectivity index (χ2v) is 3.60. The van der Waals surface area contributed by atoms with Crippen LogP contribution >= 0.6 is 24.0 Å². The van der Waals surface area contributed by atoms with Gasteiger partial charge in [0.05, 0.1) is 10.6 Å². The number of benzene rings is 1. The van der Waals surface area contributed by atoms with Gasteiger partial charge in [-0.05, 0) is 12.1 Å². The first-order valence-corrected chi connectivity index (χ1v) is 4.60. The van der Waals surface area contributed by atoms with Crippen LogP contribution in [0.4, 0.5) is 13.2 Å². The van der Waals surface area contributed by atoms with Crippen LogP contribution in [0.15, 0.2) is 12.1 Å². The molecule has 4 N–H and O–H groups in total. The number of halogens is 5. The van der Waals surface area contributed by atoms with E-state index in [1.807, 2.05) is 0 Å². The van der Waals surface area contributed by atoms with Crippen molar-refractivity contribution in [1.29, 1.82) is 0 Å². The number of aliphatic hydroxyl groups is 1. The molecular formula is C9H10Cl2F3NO2. The van der Waals surface area contributed by atoms with Gasteiger partial charge in [0.1, 0.15) is 24.2 Å². The number of phenols is 1. The molecule has 0 aromatic heterocycles. The monoisotopic (exact) mass is 291 g/mol. The Morgan fingerprint density at radius 1 is 1.41 bits per heavy atom. The van der Waals surface area contributed by atoms with Gasteiger partial charge in [0, 0.05) is 0 Å². The van der Waals surface area contributed by atoms with Crippen LogP contribution in [0.25, 0.3) is 0 Å². The molecule has 0 fully saturated rings. The van der Waals surface area contributed by atoms with Crippen molar-refractivity contribution >= 4 is 24.0 Å². The molecule has 1 atom stereocenters. The highest BCUT2D eigenvalue weighted by atomic mass is 35.5. The van der Waals surface area contributed by atoms with Crippen LogP contribution in [0.3, 0.4) is 0 Å². The standard InChI is InChI=1S/C9H9ClF3NO2.ClH/c10-4-1-2-5(11)6(7(4)16)8(14)9(12,13)3-15;/h1-2,8,15-16H,3,14H2;1H/t8-;/m0./s1. The van der Waals surface area contributed by atoms with Gasteiger partial charge in [0.2, 0.25) is 0 Å². The smallest absolute Gasteiger partial charge is 0.289 e. The first-order chi connectivity index (χ1) is 7.31. The van der Waals surface area contributed by atoms with Crippen molar-refractivity contribution in [2.75, 3.05) is 6.61 Å². The fourth-order valence-corrected chi connectivity index (χ4v) is 1.33. The van der Waals surface area contributed by atoms with Crippen molar-refractivity contribution in [3.63, 3.8) is 0 Å². The molecule has 0 aliphatic rings. The van der Waals surface area contributed by atoms with Crippen molar-refractivity contribution in [3.8, 4) is 5.75 Å². The van der Waals surface area contributed by atoms with Crippen LogP contribution < -0.4 is 5.73 Å². The molecular weight excluding hydrogens is 282 g/mol. The number of rotatable bonds is 3. The second kappa shape index (κ2) is 5.77. The van der Waals surface area contributed by atoms with Crippen molar-refractivity contribution in [1.82, 2.24) is 0 Å². The topological polar surface area (TPSA) is 66.5 Å². The average Bonchev–Trinajstić information content (AvgIpc) is 2.24. The number of nitrogens with two attached hydrogens (primary N) is 1. The molecule has 0 heterocycles. The average molecular weight is 292 g/mol. The Labute approximate surface area is 106 Å². The molecule has 0 aliphatic heterocycles. The van der Waals surface area contributed by atoms with Gasteiger partial charge in [0.25, 0.3) is 5.92 Å². The third kappa shape index (κ3) is 3.16. The Kier molecular flexibility index (Phi) is 5.54. The molecule has 0 aliphatic carbocycles. The zero-order valence-corrected chi connectivity index (χ0v) is 9.90. The van der Waals surface area contributed by atoms with Crippen LogP contribution in [-0.2, 0) is 0 Å². The third-order valence-corrected chi connectivity index (χ3v) is 2.40. The van der Waals surface area contributed by atoms with Crippen LogP contribution in [0.5, 0.6) is 5.75 Å². The summed E-state index contributed by atoms with van der Waals surface area (Å²) in [7, 11) is 0. The number of hydrogen-bond donors (Lipinski definition) is 3. The Bertz CT molecular complexity index is 404. The first-order valence-electron chi connectivity index (χ1n) is 4.22. The van der Waals surface area contributed by atoms with E-state index in [0.29, 0.717) is 0 Å². The van der Waals surface area contributed by atoms with E-state index >= 15 is 0 Å². The highest BCUT2D eigenvalue weighted by molar-refractivity contribution is 6.32. The molecule has 0 amide bonds. The summed E-state index contributed by atoms with van der Waals surface area (Å²) < 4.78 is 39.3. The molecule has 0 radical (unpaired) electrons. The largest absolute Gasteiger partial charge is 0.506 e. The van der Waals surface area contributed by atoms with E-state index in [1.54, 1.807) is 0 Å². The van der Waals surface area contributed by atoms with Crippen molar-refractivity contribution in [3.05, 3.63) is 28.5 Å². The molecule has 0 unspecified atom stereocenters. The minimum Gasteiger partial charge on any atom is -0.506 e. The minimum atomic E-state index is -3.75. The van der Waals surface area contributed by atoms with E-state index in [1.165, 1.54) is 0 Å². The van der Waals surface area contributed by atoms with E-state index in [2.05, 4.69) is 0 Å². The van der Waals surface area contributed by atoms with Gasteiger partial charge in [-0.3, -0.25) is 0 Å². The number of aliphatic hydroxyl groups excluding tert-OH is 1. The summed E-state index contributed by atoms with van der Waals surface area (Å²) in [6.45, 7) is -1.56. The highest BCUT2D eigenvalue weighted by Crippen LogP contribution is 2.38. The zero-order valence-electron chi connectivity index (χ0n) is 8.33. The predicted octanol–water partition coefficient (Wildman–Crippen LogP) is 2.23. The van der Waals surface area contributed by atoms with E-state index < -0.39 is 35.7 Å². The Morgan fingerprint density at radius 3 is 2.41 bits per heavy atom. The lowest BCUT2D eigenvalue weighted by atomic mass is 10.0. The van der Waals surface area contributed by atoms with Crippen molar-refractivity contribution in [2.45, 2.75) is 12.0 Å². The maximum Gasteiger partial charge on any atom is 0.289 e. The summed E-state index contributed by atoms with van der Waals surface area (Å²) in [4.78, 5) is 0. The van der Waals surface area contributed by atoms with E-state index in [9.17, 15) is 18.3 Å². The third-order valence-electron chi connectivity index (χ3n) is 2.09. The summed E-state index contributed by atoms with van der Waals surface area (Å²) in [5.41, 5.74) is 4.27. The van der Waals surface area contributed by atoms with E-state index in [-0.39, 0.29) is 17.4 Å². The molecule has 1 aromatic rings. The molecule has 0 saturated heterocycles. The summed E-state index contributed by atoms with van der Waals surface area (Å²) in [5, 5.41) is 17.5. The molecule has 0 spiro atoms. The number of hydrogen-bond acceptors (Lipinski definition) is 3. The molecule has 8 heteroatoms. The summed E-state index contributed by atoms with van der Waals surface area (Å²) in [5.74, 6) is -5.70. The molecule has 0 saturated carbocycles. The lowest BCUT2D eigenvalue weighted by molar-refractivity contribution is -0.0723. The van der Waals surface area contributed by atoms with E-state index in [0.717, 1.165) is 12.1 Å². The number of alkyl halides is 2. The predicted molar refractivity (Wildman–Crippen MR) is 59.3 cm³/mol. The molecule has 3 nitrogen and oxygen atoms in total. The maximum atomic E-state index is 13.2. The molecule has 17 heavy (non-hydrogen) atoms. The molecule has 98 valence electrons. The van der Waals surface area contributed by atoms with Gasteiger partial charge in [-0.15, -0.1) is 12.4 Å². The van der Waals surface area contributed by atoms with Gasteiger partial charge in [-0.25, -0.2) is 13.2 Å². The lowest BCUT2D eigenvalue weighted by Gasteiger charge is -2.23. The van der Waals surface area contributed by atoms with Crippen LogP contribution in [0.1, 0.15) is 11.6 Å². The fourth-order valence-electron chi connectivity index (χ4n) is 1.16. The Morgan fingerprint density at radius 2 is 1.94 bits per heavy atom. The van der Waals surface area contributed by atoms with Gasteiger partial charge in [-0.1, -0.05) is 11.6 Å². The van der Waals surface area contributed by atoms with Crippen molar-refractivity contribution < 1.29 is 23.4 Å². The summed E-state index contributed by atoms with van der Waals surface area (Å²) in [6, 6.07) is -0.347. The molecule has 0 bridgehead atoms. The summed E-state index contributed by atoms with van der Waals surface area (Å²) in [6.07, 6.45) is 0. The zero-order chi connectivity index (χ0) is 12.5. The highest BCUT2D eigenvalue weighted by Gasteiger charge is 2.40. The maximum absolute atomic E-state index is 13.2. The Balaban J connectivity index is 0.00000256. The van der Waals surface area contributed by atoms with Crippen LogP contribution in [0.2, 0.25) is 5.02 Å². The SMILES string of the molecule is Cl.N[C@@H](c1c(F)ccc(Cl)c1O)C(F)(F)CO. The van der Waals surface area contributed by atoms with E-state index in [4.69, 9.17) is 22.4 Å². The minimum absolute atomic E-state index is 0. The fraction of sp³-hybridized carbons (Fsp3) is 0.333. The number of phenolic OH excluding ortho intramolecular Hbond substituents is 1. The van der Waals surface area contributed by atoms with Crippen LogP contribution in [0, 0.1) is 5.82 Å². The quantitative estimate of drug-likeness (QED) is 0.800. The Hall–Kier alpha value is -0.690. The first kappa shape index (κ1) is 16.3. The molecule has 1 aromatic carbocycles.